The summed E-state index contributed by atoms with van der Waals surface area (Å²) in [5, 5.41) is 2.88. The van der Waals surface area contributed by atoms with Gasteiger partial charge in [0, 0.05) is 37.5 Å². The summed E-state index contributed by atoms with van der Waals surface area (Å²) in [4.78, 5) is 34.9. The van der Waals surface area contributed by atoms with E-state index < -0.39 is 6.04 Å². The van der Waals surface area contributed by atoms with Crippen molar-refractivity contribution in [2.45, 2.75) is 12.5 Å². The van der Waals surface area contributed by atoms with Crippen LogP contribution < -0.4 is 5.32 Å². The second-order valence-corrected chi connectivity index (χ2v) is 6.48. The molecule has 6 heteroatoms. The van der Waals surface area contributed by atoms with Crippen molar-refractivity contribution in [2.75, 3.05) is 13.1 Å². The molecule has 6 nitrogen and oxygen atoms in total. The molecule has 1 atom stereocenters. The Hall–Kier alpha value is -3.41. The van der Waals surface area contributed by atoms with Gasteiger partial charge in [0.25, 0.3) is 5.91 Å². The fraction of sp³-hybridized carbons (Fsp3) is 0.190. The number of H-pyrrole nitrogens is 1. The van der Waals surface area contributed by atoms with Crippen LogP contribution >= 0.6 is 0 Å². The Bertz CT molecular complexity index is 938. The van der Waals surface area contributed by atoms with Gasteiger partial charge in [0.15, 0.2) is 0 Å². The third-order valence-electron chi connectivity index (χ3n) is 4.77. The maximum absolute atomic E-state index is 13.4. The summed E-state index contributed by atoms with van der Waals surface area (Å²) in [6.07, 6.45) is 3.87. The lowest BCUT2D eigenvalue weighted by Crippen LogP contribution is -2.58. The Morgan fingerprint density at radius 1 is 1.11 bits per heavy atom. The van der Waals surface area contributed by atoms with Crippen LogP contribution in [0.5, 0.6) is 0 Å². The molecule has 1 aromatic heterocycles. The summed E-state index contributed by atoms with van der Waals surface area (Å²) in [5.74, 6) is 0.367. The van der Waals surface area contributed by atoms with Gasteiger partial charge in [0.05, 0.1) is 5.56 Å². The number of imidazole rings is 1. The fourth-order valence-electron chi connectivity index (χ4n) is 3.44. The molecule has 0 radical (unpaired) electrons. The van der Waals surface area contributed by atoms with Crippen molar-refractivity contribution >= 4 is 11.8 Å². The van der Waals surface area contributed by atoms with Crippen molar-refractivity contribution < 1.29 is 9.59 Å². The molecule has 2 aromatic carbocycles. The molecule has 1 saturated heterocycles. The van der Waals surface area contributed by atoms with Crippen molar-refractivity contribution in [3.05, 3.63) is 78.1 Å². The third-order valence-corrected chi connectivity index (χ3v) is 4.77. The number of hydrogen-bond acceptors (Lipinski definition) is 3. The summed E-state index contributed by atoms with van der Waals surface area (Å²) < 4.78 is 0. The van der Waals surface area contributed by atoms with Crippen molar-refractivity contribution in [3.63, 3.8) is 0 Å². The van der Waals surface area contributed by atoms with E-state index in [9.17, 15) is 9.59 Å². The largest absolute Gasteiger partial charge is 0.353 e. The number of amides is 2. The third kappa shape index (κ3) is 3.46. The first kappa shape index (κ1) is 17.0. The highest BCUT2D eigenvalue weighted by Gasteiger charge is 2.34. The topological polar surface area (TPSA) is 78.1 Å². The summed E-state index contributed by atoms with van der Waals surface area (Å²) in [7, 11) is 0. The molecule has 0 saturated carbocycles. The zero-order valence-electron chi connectivity index (χ0n) is 14.8. The average molecular weight is 360 g/mol. The quantitative estimate of drug-likeness (QED) is 0.749. The Kier molecular flexibility index (Phi) is 4.70. The number of benzene rings is 2. The van der Waals surface area contributed by atoms with Gasteiger partial charge >= 0.3 is 0 Å². The van der Waals surface area contributed by atoms with Gasteiger partial charge < -0.3 is 15.2 Å². The van der Waals surface area contributed by atoms with Crippen LogP contribution in [-0.2, 0) is 11.2 Å². The van der Waals surface area contributed by atoms with Crippen LogP contribution in [0.3, 0.4) is 0 Å². The van der Waals surface area contributed by atoms with E-state index in [-0.39, 0.29) is 11.8 Å². The number of carbonyl (C=O) groups excluding carboxylic acids is 2. The van der Waals surface area contributed by atoms with Crippen LogP contribution in [0.2, 0.25) is 0 Å². The molecule has 0 bridgehead atoms. The van der Waals surface area contributed by atoms with E-state index in [1.54, 1.807) is 23.4 Å². The predicted octanol–water partition coefficient (Wildman–Crippen LogP) is 2.26. The molecule has 1 fully saturated rings. The number of aromatic nitrogens is 2. The highest BCUT2D eigenvalue weighted by Crippen LogP contribution is 2.23. The van der Waals surface area contributed by atoms with E-state index in [1.165, 1.54) is 0 Å². The first-order valence-electron chi connectivity index (χ1n) is 8.95. The smallest absolute Gasteiger partial charge is 0.255 e. The van der Waals surface area contributed by atoms with E-state index >= 15 is 0 Å². The first-order chi connectivity index (χ1) is 13.2. The number of rotatable bonds is 4. The van der Waals surface area contributed by atoms with Crippen LogP contribution in [-0.4, -0.2) is 45.8 Å². The molecule has 136 valence electrons. The molecule has 2 N–H and O–H groups in total. The zero-order chi connectivity index (χ0) is 18.6. The number of carbonyl (C=O) groups is 2. The molecule has 1 aliphatic rings. The molecule has 2 heterocycles. The first-order valence-corrected chi connectivity index (χ1v) is 8.95. The predicted molar refractivity (Wildman–Crippen MR) is 102 cm³/mol. The second kappa shape index (κ2) is 7.45. The molecular weight excluding hydrogens is 340 g/mol. The Morgan fingerprint density at radius 2 is 1.89 bits per heavy atom. The minimum atomic E-state index is -0.529. The minimum absolute atomic E-state index is 0.117. The molecule has 0 unspecified atom stereocenters. The lowest BCUT2D eigenvalue weighted by molar-refractivity contribution is -0.127. The van der Waals surface area contributed by atoms with E-state index in [0.29, 0.717) is 30.9 Å². The number of nitrogens with one attached hydrogen (secondary N) is 2. The Balaban J connectivity index is 1.66. The number of nitrogens with zero attached hydrogens (tertiary/aromatic N) is 2. The van der Waals surface area contributed by atoms with Crippen LogP contribution in [0.4, 0.5) is 0 Å². The SMILES string of the molecule is O=C1NCCN(C(=O)c2ccccc2-c2ncc[nH]2)[C@H]1Cc1ccccc1. The van der Waals surface area contributed by atoms with E-state index in [2.05, 4.69) is 15.3 Å². The van der Waals surface area contributed by atoms with Gasteiger partial charge in [-0.1, -0.05) is 48.5 Å². The molecule has 27 heavy (non-hydrogen) atoms. The number of piperazine rings is 1. The standard InChI is InChI=1S/C21H20N4O2/c26-20-18(14-15-6-2-1-3-7-15)25(13-12-24-20)21(27)17-9-5-4-8-16(17)19-22-10-11-23-19/h1-11,18H,12-14H2,(H,22,23)(H,24,26)/t18-/m0/s1. The van der Waals surface area contributed by atoms with Crippen molar-refractivity contribution in [1.29, 1.82) is 0 Å². The maximum Gasteiger partial charge on any atom is 0.255 e. The highest BCUT2D eigenvalue weighted by atomic mass is 16.2. The van der Waals surface area contributed by atoms with Crippen LogP contribution in [0.1, 0.15) is 15.9 Å². The van der Waals surface area contributed by atoms with Gasteiger partial charge in [-0.25, -0.2) is 4.98 Å². The van der Waals surface area contributed by atoms with Gasteiger partial charge in [-0.15, -0.1) is 0 Å². The van der Waals surface area contributed by atoms with E-state index in [0.717, 1.165) is 11.1 Å². The van der Waals surface area contributed by atoms with Crippen LogP contribution in [0.15, 0.2) is 67.0 Å². The van der Waals surface area contributed by atoms with Crippen LogP contribution in [0.25, 0.3) is 11.4 Å². The second-order valence-electron chi connectivity index (χ2n) is 6.48. The van der Waals surface area contributed by atoms with E-state index in [1.807, 2.05) is 48.5 Å². The van der Waals surface area contributed by atoms with Crippen molar-refractivity contribution in [1.82, 2.24) is 20.2 Å². The van der Waals surface area contributed by atoms with Gasteiger partial charge in [-0.2, -0.15) is 0 Å². The van der Waals surface area contributed by atoms with Crippen molar-refractivity contribution in [2.24, 2.45) is 0 Å². The van der Waals surface area contributed by atoms with Crippen LogP contribution in [0, 0.1) is 0 Å². The Labute approximate surface area is 157 Å². The normalized spacial score (nSPS) is 16.8. The van der Waals surface area contributed by atoms with E-state index in [4.69, 9.17) is 0 Å². The lowest BCUT2D eigenvalue weighted by Gasteiger charge is -2.35. The number of aromatic amines is 1. The summed E-state index contributed by atoms with van der Waals surface area (Å²) >= 11 is 0. The number of hydrogen-bond donors (Lipinski definition) is 2. The average Bonchev–Trinajstić information content (AvgIpc) is 3.24. The summed E-state index contributed by atoms with van der Waals surface area (Å²) in [6, 6.07) is 16.6. The molecule has 0 aliphatic carbocycles. The molecule has 3 aromatic rings. The molecule has 2 amide bonds. The fourth-order valence-corrected chi connectivity index (χ4v) is 3.44. The highest BCUT2D eigenvalue weighted by molar-refractivity contribution is 6.02. The minimum Gasteiger partial charge on any atom is -0.353 e. The van der Waals surface area contributed by atoms with Gasteiger partial charge in [0.1, 0.15) is 11.9 Å². The monoisotopic (exact) mass is 360 g/mol. The molecule has 0 spiro atoms. The zero-order valence-corrected chi connectivity index (χ0v) is 14.8. The van der Waals surface area contributed by atoms with Gasteiger partial charge in [-0.3, -0.25) is 9.59 Å². The van der Waals surface area contributed by atoms with Crippen molar-refractivity contribution in [3.8, 4) is 11.4 Å². The molecular formula is C21H20N4O2. The summed E-state index contributed by atoms with van der Waals surface area (Å²) in [6.45, 7) is 0.938. The lowest BCUT2D eigenvalue weighted by atomic mass is 9.99. The summed E-state index contributed by atoms with van der Waals surface area (Å²) in [5.41, 5.74) is 2.30. The Morgan fingerprint density at radius 3 is 2.67 bits per heavy atom. The maximum atomic E-state index is 13.4. The van der Waals surface area contributed by atoms with Gasteiger partial charge in [-0.05, 0) is 11.6 Å². The van der Waals surface area contributed by atoms with Gasteiger partial charge in [0.2, 0.25) is 5.91 Å². The molecule has 1 aliphatic heterocycles. The molecule has 4 rings (SSSR count).